The molecule has 6 heteroatoms. The van der Waals surface area contributed by atoms with Crippen molar-refractivity contribution in [2.45, 2.75) is 19.0 Å². The molecular weight excluding hydrogens is 281 g/mol. The predicted octanol–water partition coefficient (Wildman–Crippen LogP) is 3.83. The highest BCUT2D eigenvalue weighted by molar-refractivity contribution is 6.02. The lowest BCUT2D eigenvalue weighted by molar-refractivity contribution is -0.133. The lowest BCUT2D eigenvalue weighted by atomic mass is 10.1. The number of carbonyl (C=O) groups is 1. The van der Waals surface area contributed by atoms with Crippen LogP contribution in [0.3, 0.4) is 0 Å². The lowest BCUT2D eigenvalue weighted by Crippen LogP contribution is -2.13. The SMILES string of the molecule is O=C(Nc1cccc(CCC(F)(F)F)c1)c1ccccn1. The number of pyridine rings is 1. The number of aryl methyl sites for hydroxylation is 1. The first kappa shape index (κ1) is 15.0. The van der Waals surface area contributed by atoms with Gasteiger partial charge in [0.15, 0.2) is 0 Å². The second-order valence-corrected chi connectivity index (χ2v) is 4.48. The van der Waals surface area contributed by atoms with E-state index in [2.05, 4.69) is 10.3 Å². The summed E-state index contributed by atoms with van der Waals surface area (Å²) in [5.41, 5.74) is 1.22. The topological polar surface area (TPSA) is 42.0 Å². The lowest BCUT2D eigenvalue weighted by Gasteiger charge is -2.09. The van der Waals surface area contributed by atoms with E-state index < -0.39 is 18.5 Å². The van der Waals surface area contributed by atoms with Crippen LogP contribution in [0.25, 0.3) is 0 Å². The van der Waals surface area contributed by atoms with Crippen molar-refractivity contribution in [3.63, 3.8) is 0 Å². The Hall–Kier alpha value is -2.37. The Morgan fingerprint density at radius 2 is 1.95 bits per heavy atom. The molecule has 0 fully saturated rings. The van der Waals surface area contributed by atoms with Crippen molar-refractivity contribution in [3.05, 3.63) is 59.9 Å². The minimum absolute atomic E-state index is 0.114. The second-order valence-electron chi connectivity index (χ2n) is 4.48. The zero-order valence-corrected chi connectivity index (χ0v) is 11.0. The normalized spacial score (nSPS) is 11.2. The molecule has 0 atom stereocenters. The van der Waals surface area contributed by atoms with E-state index in [0.29, 0.717) is 11.3 Å². The standard InChI is InChI=1S/C15H13F3N2O/c16-15(17,18)8-7-11-4-3-5-12(10-11)20-14(21)13-6-1-2-9-19-13/h1-6,9-10H,7-8H2,(H,20,21). The van der Waals surface area contributed by atoms with E-state index >= 15 is 0 Å². The van der Waals surface area contributed by atoms with Gasteiger partial charge in [-0.2, -0.15) is 13.2 Å². The molecule has 0 bridgehead atoms. The molecule has 1 aromatic heterocycles. The average molecular weight is 294 g/mol. The molecule has 0 aliphatic heterocycles. The fourth-order valence-corrected chi connectivity index (χ4v) is 1.78. The van der Waals surface area contributed by atoms with Gasteiger partial charge >= 0.3 is 6.18 Å². The van der Waals surface area contributed by atoms with E-state index in [4.69, 9.17) is 0 Å². The van der Waals surface area contributed by atoms with Gasteiger partial charge < -0.3 is 5.32 Å². The summed E-state index contributed by atoms with van der Waals surface area (Å²) in [6.07, 6.45) is -3.69. The zero-order chi connectivity index (χ0) is 15.3. The number of amides is 1. The number of rotatable bonds is 4. The van der Waals surface area contributed by atoms with Gasteiger partial charge in [-0.15, -0.1) is 0 Å². The molecule has 2 aromatic rings. The van der Waals surface area contributed by atoms with Crippen LogP contribution >= 0.6 is 0 Å². The predicted molar refractivity (Wildman–Crippen MR) is 73.0 cm³/mol. The molecule has 0 spiro atoms. The minimum atomic E-state index is -4.19. The number of nitrogens with one attached hydrogen (secondary N) is 1. The molecule has 3 nitrogen and oxygen atoms in total. The molecule has 0 unspecified atom stereocenters. The van der Waals surface area contributed by atoms with Gasteiger partial charge in [0, 0.05) is 18.3 Å². The van der Waals surface area contributed by atoms with Crippen LogP contribution in [0.1, 0.15) is 22.5 Å². The molecule has 0 saturated carbocycles. The maximum atomic E-state index is 12.2. The number of benzene rings is 1. The molecule has 1 N–H and O–H groups in total. The highest BCUT2D eigenvalue weighted by atomic mass is 19.4. The van der Waals surface area contributed by atoms with Gasteiger partial charge in [-0.05, 0) is 36.2 Å². The van der Waals surface area contributed by atoms with Gasteiger partial charge in [-0.25, -0.2) is 0 Å². The molecule has 1 aromatic carbocycles. The van der Waals surface area contributed by atoms with Crippen LogP contribution in [0.2, 0.25) is 0 Å². The highest BCUT2D eigenvalue weighted by Gasteiger charge is 2.26. The van der Waals surface area contributed by atoms with Gasteiger partial charge in [0.1, 0.15) is 5.69 Å². The Morgan fingerprint density at radius 3 is 2.62 bits per heavy atom. The van der Waals surface area contributed by atoms with E-state index in [1.54, 1.807) is 36.4 Å². The zero-order valence-electron chi connectivity index (χ0n) is 11.0. The number of halogens is 3. The number of carbonyl (C=O) groups excluding carboxylic acids is 1. The molecule has 0 saturated heterocycles. The molecule has 110 valence electrons. The Bertz CT molecular complexity index is 612. The summed E-state index contributed by atoms with van der Waals surface area (Å²) in [5.74, 6) is -0.399. The van der Waals surface area contributed by atoms with Crippen LogP contribution in [0.15, 0.2) is 48.7 Å². The van der Waals surface area contributed by atoms with Crippen molar-refractivity contribution in [1.82, 2.24) is 4.98 Å². The summed E-state index contributed by atoms with van der Waals surface area (Å²) in [7, 11) is 0. The van der Waals surface area contributed by atoms with Gasteiger partial charge in [0.05, 0.1) is 0 Å². The summed E-state index contributed by atoms with van der Waals surface area (Å²) in [5, 5.41) is 2.61. The molecule has 2 rings (SSSR count). The molecule has 21 heavy (non-hydrogen) atoms. The van der Waals surface area contributed by atoms with Crippen molar-refractivity contribution in [2.75, 3.05) is 5.32 Å². The minimum Gasteiger partial charge on any atom is -0.321 e. The summed E-state index contributed by atoms with van der Waals surface area (Å²) >= 11 is 0. The third kappa shape index (κ3) is 4.91. The highest BCUT2D eigenvalue weighted by Crippen LogP contribution is 2.23. The molecule has 0 aliphatic rings. The largest absolute Gasteiger partial charge is 0.389 e. The van der Waals surface area contributed by atoms with E-state index in [9.17, 15) is 18.0 Å². The number of hydrogen-bond donors (Lipinski definition) is 1. The van der Waals surface area contributed by atoms with Crippen molar-refractivity contribution < 1.29 is 18.0 Å². The summed E-state index contributed by atoms with van der Waals surface area (Å²) in [4.78, 5) is 15.8. The van der Waals surface area contributed by atoms with Crippen molar-refractivity contribution >= 4 is 11.6 Å². The van der Waals surface area contributed by atoms with Crippen LogP contribution in [-0.2, 0) is 6.42 Å². The van der Waals surface area contributed by atoms with Crippen molar-refractivity contribution in [2.24, 2.45) is 0 Å². The maximum absolute atomic E-state index is 12.2. The van der Waals surface area contributed by atoms with Crippen LogP contribution in [0.5, 0.6) is 0 Å². The maximum Gasteiger partial charge on any atom is 0.389 e. The van der Waals surface area contributed by atoms with Gasteiger partial charge in [0.2, 0.25) is 0 Å². The average Bonchev–Trinajstić information content (AvgIpc) is 2.46. The van der Waals surface area contributed by atoms with Crippen LogP contribution in [-0.4, -0.2) is 17.1 Å². The quantitative estimate of drug-likeness (QED) is 0.931. The fraction of sp³-hybridized carbons (Fsp3) is 0.200. The molecule has 1 amide bonds. The summed E-state index contributed by atoms with van der Waals surface area (Å²) in [6, 6.07) is 11.3. The number of aromatic nitrogens is 1. The third-order valence-electron chi connectivity index (χ3n) is 2.78. The fourth-order valence-electron chi connectivity index (χ4n) is 1.78. The van der Waals surface area contributed by atoms with E-state index in [0.717, 1.165) is 0 Å². The first-order valence-electron chi connectivity index (χ1n) is 6.32. The van der Waals surface area contributed by atoms with Crippen LogP contribution in [0, 0.1) is 0 Å². The summed E-state index contributed by atoms with van der Waals surface area (Å²) < 4.78 is 36.6. The smallest absolute Gasteiger partial charge is 0.321 e. The van der Waals surface area contributed by atoms with Gasteiger partial charge in [-0.1, -0.05) is 18.2 Å². The molecular formula is C15H13F3N2O. The number of hydrogen-bond acceptors (Lipinski definition) is 2. The number of anilines is 1. The van der Waals surface area contributed by atoms with E-state index in [1.807, 2.05) is 0 Å². The van der Waals surface area contributed by atoms with E-state index in [1.165, 1.54) is 12.3 Å². The van der Waals surface area contributed by atoms with E-state index in [-0.39, 0.29) is 12.1 Å². The van der Waals surface area contributed by atoms with Crippen molar-refractivity contribution in [1.29, 1.82) is 0 Å². The number of alkyl halides is 3. The monoisotopic (exact) mass is 294 g/mol. The number of nitrogens with zero attached hydrogens (tertiary/aromatic N) is 1. The van der Waals surface area contributed by atoms with Crippen LogP contribution in [0.4, 0.5) is 18.9 Å². The van der Waals surface area contributed by atoms with Gasteiger partial charge in [-0.3, -0.25) is 9.78 Å². The Kier molecular flexibility index (Phi) is 4.57. The molecule has 0 aliphatic carbocycles. The first-order valence-corrected chi connectivity index (χ1v) is 6.32. The van der Waals surface area contributed by atoms with Crippen LogP contribution < -0.4 is 5.32 Å². The first-order chi connectivity index (χ1) is 9.94. The second kappa shape index (κ2) is 6.39. The Labute approximate surface area is 119 Å². The Balaban J connectivity index is 2.03. The summed E-state index contributed by atoms with van der Waals surface area (Å²) in [6.45, 7) is 0. The third-order valence-corrected chi connectivity index (χ3v) is 2.78. The Morgan fingerprint density at radius 1 is 1.14 bits per heavy atom. The molecule has 1 heterocycles. The van der Waals surface area contributed by atoms with Crippen molar-refractivity contribution in [3.8, 4) is 0 Å². The van der Waals surface area contributed by atoms with Gasteiger partial charge in [0.25, 0.3) is 5.91 Å². The molecule has 0 radical (unpaired) electrons.